The zero-order valence-electron chi connectivity index (χ0n) is 10.1. The van der Waals surface area contributed by atoms with Gasteiger partial charge in [-0.25, -0.2) is 15.0 Å². The molecule has 0 amide bonds. The van der Waals surface area contributed by atoms with Crippen molar-refractivity contribution >= 4 is 23.4 Å². The predicted octanol–water partition coefficient (Wildman–Crippen LogP) is 2.55. The van der Waals surface area contributed by atoms with Crippen molar-refractivity contribution < 1.29 is 4.74 Å². The van der Waals surface area contributed by atoms with Gasteiger partial charge in [-0.15, -0.1) is 0 Å². The molecule has 0 aromatic carbocycles. The van der Waals surface area contributed by atoms with Crippen molar-refractivity contribution in [1.29, 1.82) is 0 Å². The summed E-state index contributed by atoms with van der Waals surface area (Å²) < 4.78 is 7.19. The minimum Gasteiger partial charge on any atom is -0.374 e. The van der Waals surface area contributed by atoms with E-state index in [1.165, 1.54) is 11.8 Å². The second kappa shape index (κ2) is 6.17. The smallest absolute Gasteiger partial charge is 0.174 e. The topological polar surface area (TPSA) is 52.8 Å². The van der Waals surface area contributed by atoms with Crippen LogP contribution in [0, 0.1) is 0 Å². The van der Waals surface area contributed by atoms with Gasteiger partial charge < -0.3 is 9.30 Å². The Morgan fingerprint density at radius 3 is 2.94 bits per heavy atom. The largest absolute Gasteiger partial charge is 0.374 e. The van der Waals surface area contributed by atoms with Gasteiger partial charge >= 0.3 is 0 Å². The molecular formula is C11H13ClN4OS. The first-order valence-corrected chi connectivity index (χ1v) is 6.65. The SMILES string of the molecule is CCOCc1nc(Cl)cc(Sc2nccn2C)n1. The van der Waals surface area contributed by atoms with Crippen molar-refractivity contribution in [1.82, 2.24) is 19.5 Å². The molecule has 0 N–H and O–H groups in total. The molecule has 0 radical (unpaired) electrons. The molecule has 0 spiro atoms. The molecule has 5 nitrogen and oxygen atoms in total. The Kier molecular flexibility index (Phi) is 4.57. The average Bonchev–Trinajstić information content (AvgIpc) is 2.72. The van der Waals surface area contributed by atoms with Crippen LogP contribution in [-0.2, 0) is 18.4 Å². The van der Waals surface area contributed by atoms with E-state index in [-0.39, 0.29) is 0 Å². The maximum Gasteiger partial charge on any atom is 0.174 e. The second-order valence-electron chi connectivity index (χ2n) is 3.51. The van der Waals surface area contributed by atoms with Crippen molar-refractivity contribution in [2.75, 3.05) is 6.61 Å². The minimum atomic E-state index is 0.366. The Bertz CT molecular complexity index is 532. The van der Waals surface area contributed by atoms with Gasteiger partial charge in [0.05, 0.1) is 0 Å². The van der Waals surface area contributed by atoms with E-state index in [2.05, 4.69) is 15.0 Å². The number of hydrogen-bond acceptors (Lipinski definition) is 5. The molecule has 0 saturated carbocycles. The van der Waals surface area contributed by atoms with E-state index in [0.717, 1.165) is 10.2 Å². The van der Waals surface area contributed by atoms with Crippen LogP contribution in [0.1, 0.15) is 12.7 Å². The van der Waals surface area contributed by atoms with Gasteiger partial charge in [-0.2, -0.15) is 0 Å². The van der Waals surface area contributed by atoms with Crippen LogP contribution >= 0.6 is 23.4 Å². The zero-order chi connectivity index (χ0) is 13.0. The van der Waals surface area contributed by atoms with Crippen molar-refractivity contribution in [3.05, 3.63) is 29.4 Å². The van der Waals surface area contributed by atoms with Gasteiger partial charge in [-0.3, -0.25) is 0 Å². The van der Waals surface area contributed by atoms with Crippen LogP contribution in [0.15, 0.2) is 28.6 Å². The molecule has 0 aliphatic carbocycles. The van der Waals surface area contributed by atoms with Gasteiger partial charge in [0.2, 0.25) is 0 Å². The van der Waals surface area contributed by atoms with E-state index in [1.54, 1.807) is 12.3 Å². The Hall–Kier alpha value is -1.11. The molecule has 2 heterocycles. The highest BCUT2D eigenvalue weighted by Crippen LogP contribution is 2.25. The first-order chi connectivity index (χ1) is 8.69. The molecule has 2 rings (SSSR count). The van der Waals surface area contributed by atoms with Gasteiger partial charge in [0.1, 0.15) is 16.8 Å². The molecule has 0 saturated heterocycles. The summed E-state index contributed by atoms with van der Waals surface area (Å²) in [6.45, 7) is 2.91. The molecule has 0 aliphatic heterocycles. The monoisotopic (exact) mass is 284 g/mol. The summed E-state index contributed by atoms with van der Waals surface area (Å²) in [5.41, 5.74) is 0. The third-order valence-electron chi connectivity index (χ3n) is 2.13. The lowest BCUT2D eigenvalue weighted by Gasteiger charge is -2.05. The summed E-state index contributed by atoms with van der Waals surface area (Å²) in [5.74, 6) is 0.584. The zero-order valence-corrected chi connectivity index (χ0v) is 11.7. The average molecular weight is 285 g/mol. The number of imidazole rings is 1. The summed E-state index contributed by atoms with van der Waals surface area (Å²) in [7, 11) is 1.93. The standard InChI is InChI=1S/C11H13ClN4OS/c1-3-17-7-9-14-8(12)6-10(15-9)18-11-13-4-5-16(11)2/h4-6H,3,7H2,1-2H3. The molecule has 2 aromatic rings. The van der Waals surface area contributed by atoms with Gasteiger partial charge in [0, 0.05) is 32.1 Å². The fraction of sp³-hybridized carbons (Fsp3) is 0.364. The molecule has 96 valence electrons. The maximum atomic E-state index is 5.96. The molecule has 7 heteroatoms. The third kappa shape index (κ3) is 3.44. The van der Waals surface area contributed by atoms with Crippen LogP contribution in [0.4, 0.5) is 0 Å². The predicted molar refractivity (Wildman–Crippen MR) is 69.7 cm³/mol. The first kappa shape index (κ1) is 13.3. The van der Waals surface area contributed by atoms with Crippen molar-refractivity contribution in [2.24, 2.45) is 7.05 Å². The van der Waals surface area contributed by atoms with Crippen molar-refractivity contribution in [3.63, 3.8) is 0 Å². The van der Waals surface area contributed by atoms with Gasteiger partial charge in [-0.05, 0) is 18.7 Å². The minimum absolute atomic E-state index is 0.366. The highest BCUT2D eigenvalue weighted by atomic mass is 35.5. The van der Waals surface area contributed by atoms with E-state index in [1.807, 2.05) is 24.7 Å². The quantitative estimate of drug-likeness (QED) is 0.790. The number of nitrogens with zero attached hydrogens (tertiary/aromatic N) is 4. The van der Waals surface area contributed by atoms with Crippen LogP contribution in [0.25, 0.3) is 0 Å². The number of hydrogen-bond donors (Lipinski definition) is 0. The molecule has 2 aromatic heterocycles. The number of rotatable bonds is 5. The Labute approximate surface area is 115 Å². The normalized spacial score (nSPS) is 10.8. The van der Waals surface area contributed by atoms with E-state index < -0.39 is 0 Å². The number of aryl methyl sites for hydroxylation is 1. The highest BCUT2D eigenvalue weighted by Gasteiger charge is 2.08. The number of ether oxygens (including phenoxy) is 1. The third-order valence-corrected chi connectivity index (χ3v) is 3.31. The Morgan fingerprint density at radius 1 is 1.44 bits per heavy atom. The fourth-order valence-electron chi connectivity index (χ4n) is 1.30. The summed E-state index contributed by atoms with van der Waals surface area (Å²) in [5, 5.41) is 2.03. The summed E-state index contributed by atoms with van der Waals surface area (Å²) >= 11 is 7.41. The highest BCUT2D eigenvalue weighted by molar-refractivity contribution is 7.99. The van der Waals surface area contributed by atoms with Crippen LogP contribution in [0.3, 0.4) is 0 Å². The lowest BCUT2D eigenvalue weighted by Crippen LogP contribution is -2.00. The van der Waals surface area contributed by atoms with Crippen LogP contribution in [0.5, 0.6) is 0 Å². The van der Waals surface area contributed by atoms with Crippen LogP contribution < -0.4 is 0 Å². The summed E-state index contributed by atoms with van der Waals surface area (Å²) in [4.78, 5) is 12.7. The molecular weight excluding hydrogens is 272 g/mol. The Morgan fingerprint density at radius 2 is 2.28 bits per heavy atom. The lowest BCUT2D eigenvalue weighted by atomic mass is 10.6. The summed E-state index contributed by atoms with van der Waals surface area (Å²) in [6.07, 6.45) is 3.62. The second-order valence-corrected chi connectivity index (χ2v) is 4.88. The Balaban J connectivity index is 2.17. The number of halogens is 1. The number of aromatic nitrogens is 4. The van der Waals surface area contributed by atoms with Gasteiger partial charge in [-0.1, -0.05) is 11.6 Å². The molecule has 0 unspecified atom stereocenters. The van der Waals surface area contributed by atoms with E-state index in [9.17, 15) is 0 Å². The summed E-state index contributed by atoms with van der Waals surface area (Å²) in [6, 6.07) is 1.72. The van der Waals surface area contributed by atoms with Crippen LogP contribution in [-0.4, -0.2) is 26.1 Å². The van der Waals surface area contributed by atoms with Crippen molar-refractivity contribution in [3.8, 4) is 0 Å². The van der Waals surface area contributed by atoms with Gasteiger partial charge in [0.25, 0.3) is 0 Å². The van der Waals surface area contributed by atoms with E-state index in [0.29, 0.717) is 24.2 Å². The van der Waals surface area contributed by atoms with E-state index >= 15 is 0 Å². The van der Waals surface area contributed by atoms with Gasteiger partial charge in [0.15, 0.2) is 11.0 Å². The molecule has 0 fully saturated rings. The van der Waals surface area contributed by atoms with E-state index in [4.69, 9.17) is 16.3 Å². The van der Waals surface area contributed by atoms with Crippen molar-refractivity contribution in [2.45, 2.75) is 23.7 Å². The lowest BCUT2D eigenvalue weighted by molar-refractivity contribution is 0.128. The first-order valence-electron chi connectivity index (χ1n) is 5.45. The molecule has 18 heavy (non-hydrogen) atoms. The molecule has 0 bridgehead atoms. The molecule has 0 aliphatic rings. The van der Waals surface area contributed by atoms with Crippen LogP contribution in [0.2, 0.25) is 5.15 Å². The maximum absolute atomic E-state index is 5.96. The molecule has 0 atom stereocenters. The fourth-order valence-corrected chi connectivity index (χ4v) is 2.39.